The van der Waals surface area contributed by atoms with Crippen LogP contribution in [-0.2, 0) is 0 Å². The highest BCUT2D eigenvalue weighted by atomic mass is 79.9. The molecule has 3 rings (SSSR count). The van der Waals surface area contributed by atoms with Crippen molar-refractivity contribution >= 4 is 33.4 Å². The van der Waals surface area contributed by atoms with Crippen molar-refractivity contribution in [3.05, 3.63) is 40.5 Å². The Morgan fingerprint density at radius 2 is 2.00 bits per heavy atom. The van der Waals surface area contributed by atoms with Gasteiger partial charge in [-0.25, -0.2) is 4.98 Å². The molecule has 1 unspecified atom stereocenters. The van der Waals surface area contributed by atoms with Gasteiger partial charge in [-0.1, -0.05) is 22.9 Å². The van der Waals surface area contributed by atoms with Crippen molar-refractivity contribution in [1.29, 1.82) is 0 Å². The Morgan fingerprint density at radius 3 is 2.74 bits per heavy atom. The van der Waals surface area contributed by atoms with Crippen LogP contribution >= 0.6 is 15.9 Å². The van der Waals surface area contributed by atoms with Crippen LogP contribution in [-0.4, -0.2) is 22.6 Å². The van der Waals surface area contributed by atoms with Crippen LogP contribution in [0.2, 0.25) is 0 Å². The summed E-state index contributed by atoms with van der Waals surface area (Å²) in [5, 5.41) is 3.31. The van der Waals surface area contributed by atoms with E-state index in [2.05, 4.69) is 44.1 Å². The minimum absolute atomic E-state index is 0.596. The number of aromatic nitrogens is 2. The van der Waals surface area contributed by atoms with E-state index in [0.29, 0.717) is 12.0 Å². The zero-order chi connectivity index (χ0) is 16.2. The van der Waals surface area contributed by atoms with Gasteiger partial charge in [0.15, 0.2) is 0 Å². The maximum absolute atomic E-state index is 4.77. The van der Waals surface area contributed by atoms with E-state index in [9.17, 15) is 0 Å². The quantitative estimate of drug-likeness (QED) is 0.811. The number of nitrogens with one attached hydrogen (secondary N) is 1. The molecular formula is C18H23BrN4. The highest BCUT2D eigenvalue weighted by molar-refractivity contribution is 9.10. The number of hydrogen-bond acceptors (Lipinski definition) is 4. The average molecular weight is 375 g/mol. The molecule has 1 aliphatic heterocycles. The molecule has 0 radical (unpaired) electrons. The summed E-state index contributed by atoms with van der Waals surface area (Å²) in [5.74, 6) is 1.71. The summed E-state index contributed by atoms with van der Waals surface area (Å²) in [6.07, 6.45) is 4.99. The first-order valence-corrected chi connectivity index (χ1v) is 9.10. The van der Waals surface area contributed by atoms with Crippen LogP contribution in [0.5, 0.6) is 0 Å². The lowest BCUT2D eigenvalue weighted by Gasteiger charge is -2.36. The Bertz CT molecular complexity index is 657. The molecule has 1 fully saturated rings. The van der Waals surface area contributed by atoms with Crippen LogP contribution in [0.25, 0.3) is 0 Å². The summed E-state index contributed by atoms with van der Waals surface area (Å²) >= 11 is 3.45. The van der Waals surface area contributed by atoms with Gasteiger partial charge in [0.1, 0.15) is 5.82 Å². The monoisotopic (exact) mass is 374 g/mol. The largest absolute Gasteiger partial charge is 0.353 e. The summed E-state index contributed by atoms with van der Waals surface area (Å²) in [4.78, 5) is 11.8. The Kier molecular flexibility index (Phi) is 5.16. The molecule has 2 heterocycles. The van der Waals surface area contributed by atoms with Crippen molar-refractivity contribution < 1.29 is 0 Å². The SMILES string of the molecule is CCC1CCCCN1c1cc(C)nc(Nc2ccc(Br)cc2)n1. The van der Waals surface area contributed by atoms with Gasteiger partial charge < -0.3 is 10.2 Å². The third-order valence-electron chi connectivity index (χ3n) is 4.33. The maximum atomic E-state index is 4.77. The van der Waals surface area contributed by atoms with E-state index in [0.717, 1.165) is 28.2 Å². The topological polar surface area (TPSA) is 41.1 Å². The molecule has 2 aromatic rings. The maximum Gasteiger partial charge on any atom is 0.229 e. The van der Waals surface area contributed by atoms with Crippen LogP contribution in [0.4, 0.5) is 17.5 Å². The summed E-state index contributed by atoms with van der Waals surface area (Å²) in [6, 6.07) is 10.8. The number of rotatable bonds is 4. The lowest BCUT2D eigenvalue weighted by molar-refractivity contribution is 0.446. The summed E-state index contributed by atoms with van der Waals surface area (Å²) in [7, 11) is 0. The molecule has 1 aromatic heterocycles. The number of halogens is 1. The summed E-state index contributed by atoms with van der Waals surface area (Å²) in [5.41, 5.74) is 1.99. The van der Waals surface area contributed by atoms with Gasteiger partial charge in [0.05, 0.1) is 0 Å². The second-order valence-corrected chi connectivity index (χ2v) is 6.99. The number of hydrogen-bond donors (Lipinski definition) is 1. The van der Waals surface area contributed by atoms with E-state index in [4.69, 9.17) is 4.98 Å². The molecule has 23 heavy (non-hydrogen) atoms. The third-order valence-corrected chi connectivity index (χ3v) is 4.86. The third kappa shape index (κ3) is 4.02. The zero-order valence-corrected chi connectivity index (χ0v) is 15.3. The smallest absolute Gasteiger partial charge is 0.229 e. The predicted molar refractivity (Wildman–Crippen MR) is 99.5 cm³/mol. The first-order valence-electron chi connectivity index (χ1n) is 8.30. The fraction of sp³-hybridized carbons (Fsp3) is 0.444. The highest BCUT2D eigenvalue weighted by Crippen LogP contribution is 2.27. The van der Waals surface area contributed by atoms with E-state index in [1.165, 1.54) is 25.7 Å². The van der Waals surface area contributed by atoms with E-state index in [-0.39, 0.29) is 0 Å². The van der Waals surface area contributed by atoms with Crippen LogP contribution in [0.15, 0.2) is 34.8 Å². The fourth-order valence-corrected chi connectivity index (χ4v) is 3.41. The number of benzene rings is 1. The van der Waals surface area contributed by atoms with Gasteiger partial charge in [0, 0.05) is 34.5 Å². The highest BCUT2D eigenvalue weighted by Gasteiger charge is 2.22. The van der Waals surface area contributed by atoms with Crippen molar-refractivity contribution in [3.63, 3.8) is 0 Å². The lowest BCUT2D eigenvalue weighted by atomic mass is 10.00. The molecule has 122 valence electrons. The fourth-order valence-electron chi connectivity index (χ4n) is 3.14. The Morgan fingerprint density at radius 1 is 1.22 bits per heavy atom. The Labute approximate surface area is 146 Å². The van der Waals surface area contributed by atoms with Crippen LogP contribution < -0.4 is 10.2 Å². The average Bonchev–Trinajstić information content (AvgIpc) is 2.56. The van der Waals surface area contributed by atoms with E-state index in [1.807, 2.05) is 31.2 Å². The molecule has 0 bridgehead atoms. The predicted octanol–water partition coefficient (Wildman–Crippen LogP) is 5.06. The van der Waals surface area contributed by atoms with Crippen LogP contribution in [0, 0.1) is 6.92 Å². The number of piperidine rings is 1. The van der Waals surface area contributed by atoms with E-state index in [1.54, 1.807) is 0 Å². The molecule has 1 N–H and O–H groups in total. The normalized spacial score (nSPS) is 18.0. The molecule has 0 spiro atoms. The summed E-state index contributed by atoms with van der Waals surface area (Å²) < 4.78 is 1.06. The van der Waals surface area contributed by atoms with Gasteiger partial charge in [0.25, 0.3) is 0 Å². The molecule has 0 amide bonds. The van der Waals surface area contributed by atoms with Gasteiger partial charge in [-0.2, -0.15) is 4.98 Å². The number of nitrogens with zero attached hydrogens (tertiary/aromatic N) is 3. The van der Waals surface area contributed by atoms with Gasteiger partial charge in [-0.3, -0.25) is 0 Å². The molecule has 4 nitrogen and oxygen atoms in total. The number of anilines is 3. The number of aryl methyl sites for hydroxylation is 1. The van der Waals surface area contributed by atoms with Crippen molar-refractivity contribution in [2.45, 2.75) is 45.6 Å². The minimum Gasteiger partial charge on any atom is -0.353 e. The molecule has 1 atom stereocenters. The van der Waals surface area contributed by atoms with Crippen LogP contribution in [0.3, 0.4) is 0 Å². The first kappa shape index (κ1) is 16.2. The second-order valence-electron chi connectivity index (χ2n) is 6.07. The molecule has 5 heteroatoms. The van der Waals surface area contributed by atoms with Crippen molar-refractivity contribution in [2.75, 3.05) is 16.8 Å². The molecule has 0 saturated carbocycles. The molecule has 1 aromatic carbocycles. The van der Waals surface area contributed by atoms with Gasteiger partial charge in [-0.15, -0.1) is 0 Å². The zero-order valence-electron chi connectivity index (χ0n) is 13.7. The molecule has 1 saturated heterocycles. The standard InChI is InChI=1S/C18H23BrN4/c1-3-16-6-4-5-11-23(16)17-12-13(2)20-18(22-17)21-15-9-7-14(19)8-10-15/h7-10,12,16H,3-6,11H2,1-2H3,(H,20,21,22). The minimum atomic E-state index is 0.596. The van der Waals surface area contributed by atoms with Crippen LogP contribution in [0.1, 0.15) is 38.3 Å². The first-order chi connectivity index (χ1) is 11.2. The summed E-state index contributed by atoms with van der Waals surface area (Å²) in [6.45, 7) is 5.38. The Hall–Kier alpha value is -1.62. The lowest BCUT2D eigenvalue weighted by Crippen LogP contribution is -2.39. The molecule has 0 aliphatic carbocycles. The van der Waals surface area contributed by atoms with Gasteiger partial charge in [0.2, 0.25) is 5.95 Å². The van der Waals surface area contributed by atoms with Gasteiger partial charge >= 0.3 is 0 Å². The molecular weight excluding hydrogens is 352 g/mol. The van der Waals surface area contributed by atoms with Crippen molar-refractivity contribution in [3.8, 4) is 0 Å². The Balaban J connectivity index is 1.85. The van der Waals surface area contributed by atoms with Crippen molar-refractivity contribution in [2.24, 2.45) is 0 Å². The van der Waals surface area contributed by atoms with Crippen molar-refractivity contribution in [1.82, 2.24) is 9.97 Å². The molecule has 1 aliphatic rings. The van der Waals surface area contributed by atoms with Gasteiger partial charge in [-0.05, 0) is 56.9 Å². The second kappa shape index (κ2) is 7.30. The van der Waals surface area contributed by atoms with E-state index < -0.39 is 0 Å². The van der Waals surface area contributed by atoms with E-state index >= 15 is 0 Å².